The number of fused-ring (bicyclic) bond motifs is 1. The Morgan fingerprint density at radius 1 is 1.00 bits per heavy atom. The second-order valence-electron chi connectivity index (χ2n) is 3.88. The van der Waals surface area contributed by atoms with Gasteiger partial charge in [0.1, 0.15) is 0 Å². The molecule has 0 aliphatic rings. The lowest BCUT2D eigenvalue weighted by atomic mass is 10.2. The molecule has 0 aliphatic heterocycles. The van der Waals surface area contributed by atoms with Gasteiger partial charge in [0.25, 0.3) is 0 Å². The minimum atomic E-state index is 1.03. The highest BCUT2D eigenvalue weighted by Crippen LogP contribution is 2.30. The van der Waals surface area contributed by atoms with Crippen molar-refractivity contribution >= 4 is 38.1 Å². The van der Waals surface area contributed by atoms with Crippen molar-refractivity contribution in [3.63, 3.8) is 0 Å². The van der Waals surface area contributed by atoms with Crippen LogP contribution in [0.25, 0.3) is 15.5 Å². The molecule has 84 valence electrons. The fraction of sp³-hybridized carbons (Fsp3) is 0.0667. The molecule has 0 radical (unpaired) electrons. The maximum absolute atomic E-state index is 2.31. The predicted molar refractivity (Wildman–Crippen MR) is 78.9 cm³/mol. The fourth-order valence-corrected chi connectivity index (χ4v) is 3.90. The molecule has 0 saturated carbocycles. The molecule has 0 fully saturated rings. The average molecular weight is 256 g/mol. The van der Waals surface area contributed by atoms with E-state index in [2.05, 4.69) is 53.9 Å². The first kappa shape index (κ1) is 10.8. The zero-order valence-corrected chi connectivity index (χ0v) is 10.9. The maximum Gasteiger partial charge on any atom is 0.0453 e. The van der Waals surface area contributed by atoms with Crippen LogP contribution >= 0.6 is 22.7 Å². The van der Waals surface area contributed by atoms with Crippen molar-refractivity contribution < 1.29 is 0 Å². The van der Waals surface area contributed by atoms with Crippen molar-refractivity contribution in [3.05, 3.63) is 64.4 Å². The van der Waals surface area contributed by atoms with E-state index in [9.17, 15) is 0 Å². The Labute approximate surface area is 109 Å². The Hall–Kier alpha value is -1.38. The van der Waals surface area contributed by atoms with E-state index in [-0.39, 0.29) is 0 Å². The summed E-state index contributed by atoms with van der Waals surface area (Å²) in [6.07, 6.45) is 5.46. The topological polar surface area (TPSA) is 0 Å². The van der Waals surface area contributed by atoms with E-state index >= 15 is 0 Å². The molecule has 0 N–H and O–H groups in total. The summed E-state index contributed by atoms with van der Waals surface area (Å²) in [5, 5.41) is 2.16. The van der Waals surface area contributed by atoms with Crippen LogP contribution in [0.5, 0.6) is 0 Å². The molecule has 3 rings (SSSR count). The van der Waals surface area contributed by atoms with Crippen LogP contribution in [0, 0.1) is 0 Å². The van der Waals surface area contributed by atoms with Crippen molar-refractivity contribution in [2.45, 2.75) is 6.42 Å². The molecule has 17 heavy (non-hydrogen) atoms. The number of benzene rings is 1. The molecule has 0 saturated heterocycles. The molecular weight excluding hydrogens is 244 g/mol. The van der Waals surface area contributed by atoms with Crippen molar-refractivity contribution in [3.8, 4) is 0 Å². The van der Waals surface area contributed by atoms with Gasteiger partial charge in [0.2, 0.25) is 0 Å². The molecule has 0 spiro atoms. The largest absolute Gasteiger partial charge is 0.143 e. The lowest BCUT2D eigenvalue weighted by Crippen LogP contribution is -1.73. The maximum atomic E-state index is 2.31. The van der Waals surface area contributed by atoms with E-state index in [1.807, 2.05) is 28.7 Å². The van der Waals surface area contributed by atoms with Gasteiger partial charge in [-0.1, -0.05) is 42.5 Å². The van der Waals surface area contributed by atoms with Crippen LogP contribution in [0.2, 0.25) is 0 Å². The van der Waals surface area contributed by atoms with E-state index < -0.39 is 0 Å². The third-order valence-corrected chi connectivity index (χ3v) is 4.74. The van der Waals surface area contributed by atoms with Crippen LogP contribution in [0.3, 0.4) is 0 Å². The van der Waals surface area contributed by atoms with Gasteiger partial charge in [-0.3, -0.25) is 0 Å². The normalized spacial score (nSPS) is 11.5. The molecule has 0 unspecified atom stereocenters. The molecular formula is C15H12S2. The Morgan fingerprint density at radius 3 is 2.71 bits per heavy atom. The van der Waals surface area contributed by atoms with Gasteiger partial charge in [-0.15, -0.1) is 22.7 Å². The molecule has 2 heterocycles. The zero-order valence-electron chi connectivity index (χ0n) is 9.30. The Kier molecular flexibility index (Phi) is 3.08. The first-order chi connectivity index (χ1) is 8.42. The van der Waals surface area contributed by atoms with Crippen LogP contribution in [0.1, 0.15) is 10.4 Å². The van der Waals surface area contributed by atoms with Crippen LogP contribution < -0.4 is 0 Å². The van der Waals surface area contributed by atoms with Crippen molar-refractivity contribution in [1.82, 2.24) is 0 Å². The summed E-state index contributed by atoms with van der Waals surface area (Å²) < 4.78 is 2.83. The summed E-state index contributed by atoms with van der Waals surface area (Å²) in [5.74, 6) is 0. The summed E-state index contributed by atoms with van der Waals surface area (Å²) in [5.41, 5.74) is 1.27. The predicted octanol–water partition coefficient (Wildman–Crippen LogP) is 5.22. The first-order valence-electron chi connectivity index (χ1n) is 5.59. The van der Waals surface area contributed by atoms with Crippen molar-refractivity contribution in [1.29, 1.82) is 0 Å². The molecule has 0 amide bonds. The van der Waals surface area contributed by atoms with Crippen LogP contribution in [-0.4, -0.2) is 0 Å². The van der Waals surface area contributed by atoms with Crippen molar-refractivity contribution in [2.75, 3.05) is 0 Å². The van der Waals surface area contributed by atoms with Gasteiger partial charge < -0.3 is 0 Å². The van der Waals surface area contributed by atoms with Gasteiger partial charge in [0.05, 0.1) is 0 Å². The SMILES string of the molecule is C(=C\c1ccccc1)/Cc1cc2sccc2s1. The highest BCUT2D eigenvalue weighted by Gasteiger charge is 2.00. The highest BCUT2D eigenvalue weighted by atomic mass is 32.1. The molecule has 2 heteroatoms. The Morgan fingerprint density at radius 2 is 1.88 bits per heavy atom. The van der Waals surface area contributed by atoms with Gasteiger partial charge in [0.15, 0.2) is 0 Å². The summed E-state index contributed by atoms with van der Waals surface area (Å²) in [6, 6.07) is 15.0. The van der Waals surface area contributed by atoms with Crippen LogP contribution in [0.15, 0.2) is 53.9 Å². The second-order valence-corrected chi connectivity index (χ2v) is 6.00. The number of rotatable bonds is 3. The third-order valence-electron chi connectivity index (χ3n) is 2.62. The first-order valence-corrected chi connectivity index (χ1v) is 7.29. The van der Waals surface area contributed by atoms with Crippen LogP contribution in [-0.2, 0) is 6.42 Å². The summed E-state index contributed by atoms with van der Waals surface area (Å²) in [6.45, 7) is 0. The summed E-state index contributed by atoms with van der Waals surface area (Å²) in [7, 11) is 0. The lowest BCUT2D eigenvalue weighted by Gasteiger charge is -1.91. The van der Waals surface area contributed by atoms with Gasteiger partial charge >= 0.3 is 0 Å². The molecule has 0 atom stereocenters. The van der Waals surface area contributed by atoms with E-state index in [4.69, 9.17) is 0 Å². The average Bonchev–Trinajstić information content (AvgIpc) is 2.91. The van der Waals surface area contributed by atoms with E-state index in [0.717, 1.165) is 6.42 Å². The zero-order chi connectivity index (χ0) is 11.5. The quantitative estimate of drug-likeness (QED) is 0.603. The van der Waals surface area contributed by atoms with Gasteiger partial charge in [-0.25, -0.2) is 0 Å². The Bertz CT molecular complexity index is 601. The number of hydrogen-bond acceptors (Lipinski definition) is 2. The monoisotopic (exact) mass is 256 g/mol. The van der Waals surface area contributed by atoms with E-state index in [1.165, 1.54) is 19.8 Å². The molecule has 0 aliphatic carbocycles. The fourth-order valence-electron chi connectivity index (χ4n) is 1.79. The minimum absolute atomic E-state index is 1.03. The van der Waals surface area contributed by atoms with Gasteiger partial charge in [-0.2, -0.15) is 0 Å². The molecule has 1 aromatic carbocycles. The molecule has 0 bridgehead atoms. The number of allylic oxidation sites excluding steroid dienone is 1. The van der Waals surface area contributed by atoms with Gasteiger partial charge in [0, 0.05) is 20.7 Å². The molecule has 3 aromatic rings. The lowest BCUT2D eigenvalue weighted by molar-refractivity contribution is 1.36. The van der Waals surface area contributed by atoms with E-state index in [1.54, 1.807) is 0 Å². The van der Waals surface area contributed by atoms with Crippen LogP contribution in [0.4, 0.5) is 0 Å². The van der Waals surface area contributed by atoms with Crippen molar-refractivity contribution in [2.24, 2.45) is 0 Å². The van der Waals surface area contributed by atoms with E-state index in [0.29, 0.717) is 0 Å². The molecule has 0 nitrogen and oxygen atoms in total. The third kappa shape index (κ3) is 2.48. The van der Waals surface area contributed by atoms with Gasteiger partial charge in [-0.05, 0) is 23.1 Å². The summed E-state index contributed by atoms with van der Waals surface area (Å²) in [4.78, 5) is 1.44. The number of hydrogen-bond donors (Lipinski definition) is 0. The summed E-state index contributed by atoms with van der Waals surface area (Å²) >= 11 is 3.72. The standard InChI is InChI=1S/C15H12S2/c1-2-5-12(6-3-1)7-4-8-13-11-15-14(17-13)9-10-16-15/h1-7,9-11H,8H2/b7-4+. The Balaban J connectivity index is 1.72. The molecule has 2 aromatic heterocycles. The minimum Gasteiger partial charge on any atom is -0.143 e. The smallest absolute Gasteiger partial charge is 0.0453 e. The second kappa shape index (κ2) is 4.86. The number of thiophene rings is 2. The highest BCUT2D eigenvalue weighted by molar-refractivity contribution is 7.26.